The fourth-order valence-electron chi connectivity index (χ4n) is 5.43. The summed E-state index contributed by atoms with van der Waals surface area (Å²) in [5, 5.41) is 21.3. The monoisotopic (exact) mass is 530 g/mol. The van der Waals surface area contributed by atoms with Gasteiger partial charge in [0.2, 0.25) is 0 Å². The van der Waals surface area contributed by atoms with Crippen LogP contribution in [0, 0.1) is 11.8 Å². The van der Waals surface area contributed by atoms with Gasteiger partial charge in [-0.05, 0) is 105 Å². The molecule has 0 spiro atoms. The lowest BCUT2D eigenvalue weighted by Crippen LogP contribution is -2.41. The number of carbonyl (C=O) groups is 1. The van der Waals surface area contributed by atoms with Crippen LogP contribution in [-0.4, -0.2) is 52.8 Å². The van der Waals surface area contributed by atoms with E-state index in [4.69, 9.17) is 16.3 Å². The van der Waals surface area contributed by atoms with Gasteiger partial charge in [0.05, 0.1) is 23.1 Å². The van der Waals surface area contributed by atoms with Crippen LogP contribution in [0.1, 0.15) is 55.1 Å². The van der Waals surface area contributed by atoms with Gasteiger partial charge in [0, 0.05) is 29.4 Å². The molecule has 3 aromatic rings. The smallest absolute Gasteiger partial charge is 0.303 e. The van der Waals surface area contributed by atoms with E-state index < -0.39 is 12.1 Å². The predicted molar refractivity (Wildman–Crippen MR) is 145 cm³/mol. The maximum Gasteiger partial charge on any atom is 0.303 e. The number of hydrogen-bond acceptors (Lipinski definition) is 6. The number of thiophene rings is 1. The number of methoxy groups -OCH3 is 1. The third-order valence-electron chi connectivity index (χ3n) is 7.38. The Morgan fingerprint density at radius 3 is 2.86 bits per heavy atom. The average molecular weight is 531 g/mol. The summed E-state index contributed by atoms with van der Waals surface area (Å²) in [5.74, 6) is 0.742. The van der Waals surface area contributed by atoms with Crippen molar-refractivity contribution in [2.75, 3.05) is 26.7 Å². The summed E-state index contributed by atoms with van der Waals surface area (Å²) in [7, 11) is 1.63. The Labute approximate surface area is 221 Å². The number of halogens is 1. The molecule has 4 rings (SSSR count). The number of aliphatic hydroxyl groups is 1. The first-order valence-electron chi connectivity index (χ1n) is 12.7. The zero-order chi connectivity index (χ0) is 25.5. The van der Waals surface area contributed by atoms with Crippen molar-refractivity contribution in [3.05, 3.63) is 57.4 Å². The summed E-state index contributed by atoms with van der Waals surface area (Å²) >= 11 is 7.69. The number of aliphatic hydroxyl groups excluding tert-OH is 1. The molecular formula is C28H35ClN2O4S. The Kier molecular flexibility index (Phi) is 9.60. The second-order valence-electron chi connectivity index (χ2n) is 9.73. The number of rotatable bonds is 12. The molecule has 3 heterocycles. The number of carboxylic acids is 1. The summed E-state index contributed by atoms with van der Waals surface area (Å²) in [4.78, 5) is 19.5. The third-order valence-corrected chi connectivity index (χ3v) is 8.67. The molecule has 1 saturated heterocycles. The van der Waals surface area contributed by atoms with E-state index >= 15 is 0 Å². The zero-order valence-electron chi connectivity index (χ0n) is 20.7. The highest BCUT2D eigenvalue weighted by Gasteiger charge is 2.30. The number of hydrogen-bond donors (Lipinski definition) is 2. The topological polar surface area (TPSA) is 82.9 Å². The molecule has 36 heavy (non-hydrogen) atoms. The molecule has 6 nitrogen and oxygen atoms in total. The van der Waals surface area contributed by atoms with Gasteiger partial charge >= 0.3 is 5.97 Å². The Hall–Kier alpha value is -2.19. The van der Waals surface area contributed by atoms with Gasteiger partial charge in [-0.15, -0.1) is 11.3 Å². The minimum absolute atomic E-state index is 0.194. The van der Waals surface area contributed by atoms with Gasteiger partial charge in [-0.25, -0.2) is 0 Å². The van der Waals surface area contributed by atoms with Gasteiger partial charge in [-0.1, -0.05) is 11.6 Å². The van der Waals surface area contributed by atoms with Crippen LogP contribution in [0.2, 0.25) is 4.34 Å². The number of piperidine rings is 1. The Morgan fingerprint density at radius 2 is 2.11 bits per heavy atom. The van der Waals surface area contributed by atoms with Crippen molar-refractivity contribution in [2.45, 2.75) is 51.0 Å². The highest BCUT2D eigenvalue weighted by molar-refractivity contribution is 7.16. The molecule has 2 N–H and O–H groups in total. The van der Waals surface area contributed by atoms with Gasteiger partial charge in [0.15, 0.2) is 0 Å². The van der Waals surface area contributed by atoms with Crippen LogP contribution in [0.25, 0.3) is 10.9 Å². The molecule has 194 valence electrons. The number of aryl methyl sites for hydroxylation is 1. The lowest BCUT2D eigenvalue weighted by Gasteiger charge is -2.39. The highest BCUT2D eigenvalue weighted by Crippen LogP contribution is 2.35. The van der Waals surface area contributed by atoms with Crippen LogP contribution in [0.5, 0.6) is 5.75 Å². The molecule has 1 aromatic carbocycles. The number of ether oxygens (including phenoxy) is 1. The first-order chi connectivity index (χ1) is 17.4. The number of pyridine rings is 1. The van der Waals surface area contributed by atoms with Gasteiger partial charge in [0.1, 0.15) is 5.75 Å². The van der Waals surface area contributed by atoms with Gasteiger partial charge in [-0.2, -0.15) is 0 Å². The fourth-order valence-corrected chi connectivity index (χ4v) is 6.56. The largest absolute Gasteiger partial charge is 0.497 e. The van der Waals surface area contributed by atoms with E-state index in [-0.39, 0.29) is 6.42 Å². The lowest BCUT2D eigenvalue weighted by molar-refractivity contribution is -0.137. The van der Waals surface area contributed by atoms with Crippen molar-refractivity contribution in [1.82, 2.24) is 9.88 Å². The van der Waals surface area contributed by atoms with Crippen molar-refractivity contribution in [3.63, 3.8) is 0 Å². The van der Waals surface area contributed by atoms with Gasteiger partial charge in [0.25, 0.3) is 0 Å². The van der Waals surface area contributed by atoms with Crippen molar-refractivity contribution < 1.29 is 19.7 Å². The van der Waals surface area contributed by atoms with E-state index in [1.165, 1.54) is 4.88 Å². The third kappa shape index (κ3) is 7.19. The van der Waals surface area contributed by atoms with Gasteiger partial charge in [-0.3, -0.25) is 9.78 Å². The van der Waals surface area contributed by atoms with Crippen molar-refractivity contribution in [1.29, 1.82) is 0 Å². The molecule has 0 aliphatic carbocycles. The second kappa shape index (κ2) is 12.9. The summed E-state index contributed by atoms with van der Waals surface area (Å²) in [6.07, 6.45) is 6.67. The van der Waals surface area contributed by atoms with E-state index in [1.807, 2.05) is 30.3 Å². The first kappa shape index (κ1) is 26.9. The van der Waals surface area contributed by atoms with Crippen LogP contribution in [0.3, 0.4) is 0 Å². The Bertz CT molecular complexity index is 1150. The minimum atomic E-state index is -0.738. The summed E-state index contributed by atoms with van der Waals surface area (Å²) in [6.45, 7) is 2.96. The number of nitrogens with zero attached hydrogens (tertiary/aromatic N) is 2. The molecule has 0 saturated carbocycles. The van der Waals surface area contributed by atoms with Crippen molar-refractivity contribution >= 4 is 39.8 Å². The number of carboxylic acid groups (broad SMARTS) is 1. The molecular weight excluding hydrogens is 496 g/mol. The van der Waals surface area contributed by atoms with Crippen molar-refractivity contribution in [2.24, 2.45) is 11.8 Å². The van der Waals surface area contributed by atoms with E-state index in [2.05, 4.69) is 16.0 Å². The molecule has 0 amide bonds. The predicted octanol–water partition coefficient (Wildman–Crippen LogP) is 6.21. The second-order valence-corrected chi connectivity index (χ2v) is 11.5. The molecule has 1 fully saturated rings. The van der Waals surface area contributed by atoms with E-state index in [9.17, 15) is 15.0 Å². The molecule has 1 unspecified atom stereocenters. The maximum absolute atomic E-state index is 11.3. The Balaban J connectivity index is 1.35. The normalized spacial score (nSPS) is 19.4. The molecule has 0 radical (unpaired) electrons. The zero-order valence-corrected chi connectivity index (χ0v) is 22.3. The van der Waals surface area contributed by atoms with Crippen LogP contribution >= 0.6 is 22.9 Å². The van der Waals surface area contributed by atoms with Gasteiger partial charge < -0.3 is 19.8 Å². The standard InChI is InChI=1S/C28H35ClN2O4S/c1-35-21-6-8-25-24(17-21)23(12-14-30-25)26(32)9-4-19-13-16-31(18-20(19)5-11-28(33)34)15-2-3-22-7-10-27(29)36-22/h6-8,10,12,14,17,19-20,26,32H,2-5,9,11,13,15-16,18H2,1H3,(H,33,34)/t19-,20+,26?/m1/s1. The molecule has 1 aliphatic rings. The molecule has 1 aliphatic heterocycles. The maximum atomic E-state index is 11.3. The summed E-state index contributed by atoms with van der Waals surface area (Å²) in [6, 6.07) is 11.7. The van der Waals surface area contributed by atoms with Crippen molar-refractivity contribution in [3.8, 4) is 5.75 Å². The van der Waals surface area contributed by atoms with Crippen LogP contribution in [-0.2, 0) is 11.2 Å². The molecule has 0 bridgehead atoms. The van der Waals surface area contributed by atoms with E-state index in [1.54, 1.807) is 24.6 Å². The minimum Gasteiger partial charge on any atom is -0.497 e. The van der Waals surface area contributed by atoms with Crippen LogP contribution in [0.4, 0.5) is 0 Å². The number of benzene rings is 1. The first-order valence-corrected chi connectivity index (χ1v) is 13.9. The SMILES string of the molecule is COc1ccc2nccc(C(O)CC[C@@H]3CCN(CCCc4ccc(Cl)s4)C[C@@H]3CCC(=O)O)c2c1. The number of likely N-dealkylation sites (tertiary alicyclic amines) is 1. The van der Waals surface area contributed by atoms with E-state index in [0.717, 1.165) is 71.9 Å². The van der Waals surface area contributed by atoms with Crippen LogP contribution < -0.4 is 4.74 Å². The summed E-state index contributed by atoms with van der Waals surface area (Å²) < 4.78 is 6.20. The lowest BCUT2D eigenvalue weighted by atomic mass is 9.79. The molecule has 2 aromatic heterocycles. The number of fused-ring (bicyclic) bond motifs is 1. The fraction of sp³-hybridized carbons (Fsp3) is 0.500. The molecule has 3 atom stereocenters. The number of aromatic nitrogens is 1. The number of aliphatic carboxylic acids is 1. The molecule has 8 heteroatoms. The average Bonchev–Trinajstić information content (AvgIpc) is 3.30. The van der Waals surface area contributed by atoms with Crippen LogP contribution in [0.15, 0.2) is 42.6 Å². The highest BCUT2D eigenvalue weighted by atomic mass is 35.5. The summed E-state index contributed by atoms with van der Waals surface area (Å²) in [5.41, 5.74) is 1.71. The quantitative estimate of drug-likeness (QED) is 0.290. The van der Waals surface area contributed by atoms with E-state index in [0.29, 0.717) is 24.7 Å². The Morgan fingerprint density at radius 1 is 1.25 bits per heavy atom.